The van der Waals surface area contributed by atoms with Crippen LogP contribution in [-0.2, 0) is 6.42 Å². The maximum Gasteiger partial charge on any atom is 0.180 e. The largest absolute Gasteiger partial charge is 0.375 e. The van der Waals surface area contributed by atoms with Crippen LogP contribution in [0.4, 0.5) is 5.13 Å². The van der Waals surface area contributed by atoms with E-state index in [0.717, 1.165) is 6.42 Å². The lowest BCUT2D eigenvalue weighted by Gasteiger charge is -2.06. The average molecular weight is 297 g/mol. The normalized spacial score (nSPS) is 10.7. The van der Waals surface area contributed by atoms with E-state index in [1.165, 1.54) is 26.0 Å². The van der Waals surface area contributed by atoms with Gasteiger partial charge in [-0.15, -0.1) is 11.3 Å². The Bertz CT molecular complexity index is 496. The number of hydrogen-bond donors (Lipinski definition) is 1. The molecule has 4 heteroatoms. The van der Waals surface area contributed by atoms with Crippen molar-refractivity contribution in [1.29, 1.82) is 0 Å². The van der Waals surface area contributed by atoms with Gasteiger partial charge in [0, 0.05) is 22.0 Å². The number of aromatic nitrogens is 1. The van der Waals surface area contributed by atoms with Crippen molar-refractivity contribution in [2.45, 2.75) is 20.3 Å². The predicted molar refractivity (Wildman–Crippen MR) is 72.9 cm³/mol. The van der Waals surface area contributed by atoms with E-state index >= 15 is 0 Å². The number of thiazole rings is 1. The van der Waals surface area contributed by atoms with Crippen molar-refractivity contribution in [1.82, 2.24) is 4.98 Å². The lowest BCUT2D eigenvalue weighted by atomic mass is 10.0. The summed E-state index contributed by atoms with van der Waals surface area (Å²) in [6.07, 6.45) is 2.76. The summed E-state index contributed by atoms with van der Waals surface area (Å²) in [6, 6.07) is 4.40. The summed E-state index contributed by atoms with van der Waals surface area (Å²) in [7, 11) is 0. The molecule has 84 valence electrons. The van der Waals surface area contributed by atoms with Crippen LogP contribution in [0.15, 0.2) is 22.8 Å². The molecule has 0 aliphatic heterocycles. The van der Waals surface area contributed by atoms with Gasteiger partial charge in [0.25, 0.3) is 0 Å². The molecule has 0 radical (unpaired) electrons. The topological polar surface area (TPSA) is 38.9 Å². The third kappa shape index (κ3) is 2.44. The molecule has 2 aromatic rings. The predicted octanol–water partition coefficient (Wildman–Crippen LogP) is 3.70. The molecule has 0 saturated carbocycles. The van der Waals surface area contributed by atoms with E-state index in [0.29, 0.717) is 5.13 Å². The molecule has 0 aliphatic rings. The fraction of sp³-hybridized carbons (Fsp3) is 0.250. The zero-order chi connectivity index (χ0) is 11.7. The van der Waals surface area contributed by atoms with Gasteiger partial charge in [0.1, 0.15) is 0 Å². The van der Waals surface area contributed by atoms with Gasteiger partial charge in [0.2, 0.25) is 0 Å². The lowest BCUT2D eigenvalue weighted by Crippen LogP contribution is -1.90. The summed E-state index contributed by atoms with van der Waals surface area (Å²) in [5, 5.41) is 0.639. The third-order valence-corrected chi connectivity index (χ3v) is 4.52. The molecule has 2 N–H and O–H groups in total. The van der Waals surface area contributed by atoms with Gasteiger partial charge in [-0.3, -0.25) is 0 Å². The number of halogens is 1. The standard InChI is InChI=1S/C12H13BrN2S/c1-7-3-9(4-8(2)11(7)13)5-10-6-15-12(14)16-10/h3-4,6H,5H2,1-2H3,(H2,14,15). The molecule has 16 heavy (non-hydrogen) atoms. The summed E-state index contributed by atoms with van der Waals surface area (Å²) in [4.78, 5) is 5.27. The van der Waals surface area contributed by atoms with Crippen molar-refractivity contribution >= 4 is 32.4 Å². The van der Waals surface area contributed by atoms with Crippen LogP contribution in [-0.4, -0.2) is 4.98 Å². The molecule has 2 nitrogen and oxygen atoms in total. The fourth-order valence-electron chi connectivity index (χ4n) is 1.74. The molecule has 1 heterocycles. The minimum atomic E-state index is 0.639. The molecule has 0 unspecified atom stereocenters. The van der Waals surface area contributed by atoms with Crippen LogP contribution >= 0.6 is 27.3 Å². The molecule has 2 rings (SSSR count). The first-order valence-electron chi connectivity index (χ1n) is 5.02. The van der Waals surface area contributed by atoms with Crippen molar-refractivity contribution in [3.05, 3.63) is 44.4 Å². The van der Waals surface area contributed by atoms with Crippen molar-refractivity contribution in [2.75, 3.05) is 5.73 Å². The Morgan fingerprint density at radius 1 is 1.31 bits per heavy atom. The summed E-state index contributed by atoms with van der Waals surface area (Å²) in [5.41, 5.74) is 9.46. The SMILES string of the molecule is Cc1cc(Cc2cnc(N)s2)cc(C)c1Br. The molecule has 0 amide bonds. The van der Waals surface area contributed by atoms with Crippen molar-refractivity contribution < 1.29 is 0 Å². The van der Waals surface area contributed by atoms with E-state index < -0.39 is 0 Å². The zero-order valence-electron chi connectivity index (χ0n) is 9.25. The van der Waals surface area contributed by atoms with Crippen LogP contribution in [0.2, 0.25) is 0 Å². The fourth-order valence-corrected chi connectivity index (χ4v) is 2.69. The molecular weight excluding hydrogens is 284 g/mol. The van der Waals surface area contributed by atoms with Crippen LogP contribution in [0.5, 0.6) is 0 Å². The summed E-state index contributed by atoms with van der Waals surface area (Å²) in [5.74, 6) is 0. The molecule has 1 aromatic heterocycles. The number of benzene rings is 1. The molecule has 1 aromatic carbocycles. The van der Waals surface area contributed by atoms with E-state index in [9.17, 15) is 0 Å². The van der Waals surface area contributed by atoms with Gasteiger partial charge in [0.05, 0.1) is 0 Å². The van der Waals surface area contributed by atoms with Crippen LogP contribution in [0, 0.1) is 13.8 Å². The van der Waals surface area contributed by atoms with Gasteiger partial charge in [-0.1, -0.05) is 28.1 Å². The van der Waals surface area contributed by atoms with Gasteiger partial charge >= 0.3 is 0 Å². The van der Waals surface area contributed by atoms with E-state index in [4.69, 9.17) is 5.73 Å². The number of rotatable bonds is 2. The average Bonchev–Trinajstić information content (AvgIpc) is 2.60. The van der Waals surface area contributed by atoms with Crippen LogP contribution < -0.4 is 5.73 Å². The Balaban J connectivity index is 2.28. The molecule has 0 fully saturated rings. The number of nitrogens with two attached hydrogens (primary N) is 1. The third-order valence-electron chi connectivity index (χ3n) is 2.45. The number of anilines is 1. The highest BCUT2D eigenvalue weighted by Gasteiger charge is 2.05. The second-order valence-corrected chi connectivity index (χ2v) is 5.82. The summed E-state index contributed by atoms with van der Waals surface area (Å²) >= 11 is 5.13. The highest BCUT2D eigenvalue weighted by molar-refractivity contribution is 9.10. The molecule has 0 spiro atoms. The van der Waals surface area contributed by atoms with E-state index in [1.807, 2.05) is 6.20 Å². The van der Waals surface area contributed by atoms with E-state index in [-0.39, 0.29) is 0 Å². The number of nitrogen functional groups attached to an aromatic ring is 1. The second kappa shape index (κ2) is 4.55. The Labute approximate surface area is 108 Å². The van der Waals surface area contributed by atoms with Crippen LogP contribution in [0.1, 0.15) is 21.6 Å². The Morgan fingerprint density at radius 2 is 1.94 bits per heavy atom. The summed E-state index contributed by atoms with van der Waals surface area (Å²) in [6.45, 7) is 4.23. The van der Waals surface area contributed by atoms with Crippen molar-refractivity contribution in [2.24, 2.45) is 0 Å². The summed E-state index contributed by atoms with van der Waals surface area (Å²) < 4.78 is 1.19. The first-order valence-corrected chi connectivity index (χ1v) is 6.63. The minimum absolute atomic E-state index is 0.639. The van der Waals surface area contributed by atoms with Gasteiger partial charge in [-0.25, -0.2) is 4.98 Å². The Hall–Kier alpha value is -0.870. The second-order valence-electron chi connectivity index (χ2n) is 3.89. The lowest BCUT2D eigenvalue weighted by molar-refractivity contribution is 1.18. The van der Waals surface area contributed by atoms with Crippen LogP contribution in [0.3, 0.4) is 0 Å². The number of nitrogens with zero attached hydrogens (tertiary/aromatic N) is 1. The van der Waals surface area contributed by atoms with Gasteiger partial charge in [-0.05, 0) is 30.5 Å². The van der Waals surface area contributed by atoms with E-state index in [2.05, 4.69) is 46.9 Å². The highest BCUT2D eigenvalue weighted by Crippen LogP contribution is 2.25. The first-order chi connectivity index (χ1) is 7.56. The maximum atomic E-state index is 5.62. The smallest absolute Gasteiger partial charge is 0.180 e. The van der Waals surface area contributed by atoms with Gasteiger partial charge < -0.3 is 5.73 Å². The molecule has 0 atom stereocenters. The van der Waals surface area contributed by atoms with Crippen LogP contribution in [0.25, 0.3) is 0 Å². The number of aryl methyl sites for hydroxylation is 2. The Morgan fingerprint density at radius 3 is 2.44 bits per heavy atom. The monoisotopic (exact) mass is 296 g/mol. The minimum Gasteiger partial charge on any atom is -0.375 e. The van der Waals surface area contributed by atoms with Crippen molar-refractivity contribution in [3.8, 4) is 0 Å². The Kier molecular flexibility index (Phi) is 3.30. The molecule has 0 saturated heterocycles. The van der Waals surface area contributed by atoms with Crippen molar-refractivity contribution in [3.63, 3.8) is 0 Å². The zero-order valence-corrected chi connectivity index (χ0v) is 11.7. The quantitative estimate of drug-likeness (QED) is 0.918. The molecule has 0 bridgehead atoms. The van der Waals surface area contributed by atoms with E-state index in [1.54, 1.807) is 11.3 Å². The number of hydrogen-bond acceptors (Lipinski definition) is 3. The van der Waals surface area contributed by atoms with Gasteiger partial charge in [-0.2, -0.15) is 0 Å². The highest BCUT2D eigenvalue weighted by atomic mass is 79.9. The maximum absolute atomic E-state index is 5.62. The first kappa shape index (κ1) is 11.6. The molecule has 0 aliphatic carbocycles. The molecular formula is C12H13BrN2S. The van der Waals surface area contributed by atoms with Gasteiger partial charge in [0.15, 0.2) is 5.13 Å².